The van der Waals surface area contributed by atoms with Crippen LogP contribution >= 0.6 is 0 Å². The maximum absolute atomic E-state index is 12.4. The lowest BCUT2D eigenvalue weighted by Gasteiger charge is -2.32. The Labute approximate surface area is 174 Å². The van der Waals surface area contributed by atoms with E-state index in [1.807, 2.05) is 4.90 Å². The first kappa shape index (κ1) is 21.3. The molecule has 0 amide bonds. The predicted molar refractivity (Wildman–Crippen MR) is 111 cm³/mol. The fraction of sp³-hybridized carbons (Fsp3) is 0.364. The quantitative estimate of drug-likeness (QED) is 0.402. The fourth-order valence-corrected chi connectivity index (χ4v) is 3.56. The fourth-order valence-electron chi connectivity index (χ4n) is 3.56. The highest BCUT2D eigenvalue weighted by atomic mass is 16.6. The van der Waals surface area contributed by atoms with E-state index in [2.05, 4.69) is 11.7 Å². The summed E-state index contributed by atoms with van der Waals surface area (Å²) >= 11 is 0. The number of nitro benzene ring substituents is 1. The molecule has 0 spiro atoms. The van der Waals surface area contributed by atoms with Gasteiger partial charge in [-0.15, -0.1) is 0 Å². The number of methoxy groups -OCH3 is 1. The normalized spacial score (nSPS) is 16.1. The van der Waals surface area contributed by atoms with Crippen molar-refractivity contribution >= 4 is 23.3 Å². The van der Waals surface area contributed by atoms with Gasteiger partial charge in [0.25, 0.3) is 5.69 Å². The molecule has 2 aromatic rings. The van der Waals surface area contributed by atoms with E-state index in [-0.39, 0.29) is 17.9 Å². The number of rotatable bonds is 6. The molecule has 1 atom stereocenters. The molecule has 0 saturated carbocycles. The second kappa shape index (κ2) is 9.39. The summed E-state index contributed by atoms with van der Waals surface area (Å²) in [5, 5.41) is 11.6. The molecular weight excluding hydrogens is 388 g/mol. The van der Waals surface area contributed by atoms with Crippen LogP contribution in [0.2, 0.25) is 0 Å². The Bertz CT molecular complexity index is 941. The van der Waals surface area contributed by atoms with Gasteiger partial charge in [0.15, 0.2) is 0 Å². The van der Waals surface area contributed by atoms with Crippen molar-refractivity contribution in [3.63, 3.8) is 0 Å². The van der Waals surface area contributed by atoms with Gasteiger partial charge < -0.3 is 14.4 Å². The summed E-state index contributed by atoms with van der Waals surface area (Å²) in [5.74, 6) is -0.628. The summed E-state index contributed by atoms with van der Waals surface area (Å²) in [6.07, 6.45) is 2.09. The largest absolute Gasteiger partial charge is 0.465 e. The summed E-state index contributed by atoms with van der Waals surface area (Å²) in [6, 6.07) is 10.9. The van der Waals surface area contributed by atoms with Gasteiger partial charge in [0.2, 0.25) is 0 Å². The van der Waals surface area contributed by atoms with Gasteiger partial charge in [0.05, 0.1) is 23.2 Å². The van der Waals surface area contributed by atoms with Crippen LogP contribution in [-0.2, 0) is 16.1 Å². The molecule has 1 aliphatic rings. The van der Waals surface area contributed by atoms with E-state index >= 15 is 0 Å². The Kier molecular flexibility index (Phi) is 6.66. The van der Waals surface area contributed by atoms with Crippen molar-refractivity contribution in [2.75, 3.05) is 25.1 Å². The minimum atomic E-state index is -0.645. The van der Waals surface area contributed by atoms with Gasteiger partial charge >= 0.3 is 11.9 Å². The van der Waals surface area contributed by atoms with Gasteiger partial charge in [0.1, 0.15) is 12.3 Å². The monoisotopic (exact) mass is 412 g/mol. The lowest BCUT2D eigenvalue weighted by molar-refractivity contribution is -0.384. The summed E-state index contributed by atoms with van der Waals surface area (Å²) in [6.45, 7) is 3.63. The van der Waals surface area contributed by atoms with E-state index in [0.717, 1.165) is 25.9 Å². The smallest absolute Gasteiger partial charge is 0.338 e. The number of piperidine rings is 1. The third-order valence-corrected chi connectivity index (χ3v) is 5.15. The van der Waals surface area contributed by atoms with Gasteiger partial charge in [-0.1, -0.05) is 19.1 Å². The second-order valence-electron chi connectivity index (χ2n) is 7.42. The Morgan fingerprint density at radius 2 is 1.83 bits per heavy atom. The van der Waals surface area contributed by atoms with Crippen molar-refractivity contribution < 1.29 is 24.0 Å². The maximum atomic E-state index is 12.4. The van der Waals surface area contributed by atoms with Gasteiger partial charge in [-0.2, -0.15) is 0 Å². The molecule has 1 heterocycles. The van der Waals surface area contributed by atoms with Crippen molar-refractivity contribution in [1.82, 2.24) is 0 Å². The first-order chi connectivity index (χ1) is 14.4. The minimum Gasteiger partial charge on any atom is -0.465 e. The van der Waals surface area contributed by atoms with E-state index in [1.54, 1.807) is 36.4 Å². The van der Waals surface area contributed by atoms with Crippen LogP contribution in [-0.4, -0.2) is 37.1 Å². The van der Waals surface area contributed by atoms with E-state index in [9.17, 15) is 19.7 Å². The Hall–Kier alpha value is -3.42. The zero-order valence-corrected chi connectivity index (χ0v) is 17.0. The van der Waals surface area contributed by atoms with E-state index in [0.29, 0.717) is 22.7 Å². The average Bonchev–Trinajstić information content (AvgIpc) is 2.76. The number of carbonyl (C=O) groups is 2. The van der Waals surface area contributed by atoms with Crippen LogP contribution < -0.4 is 4.90 Å². The molecule has 0 N–H and O–H groups in total. The van der Waals surface area contributed by atoms with Crippen molar-refractivity contribution in [2.24, 2.45) is 5.92 Å². The molecule has 3 rings (SSSR count). The standard InChI is InChI=1S/C22H24N2O6/c1-15-4-3-11-23(13-15)19-10-9-18(12-20(19)24(27)28)22(26)30-14-16-5-7-17(8-6-16)21(25)29-2/h5-10,12,15H,3-4,11,13-14H2,1-2H3/t15-/m0/s1. The molecule has 0 unspecified atom stereocenters. The Morgan fingerprint density at radius 3 is 2.47 bits per heavy atom. The van der Waals surface area contributed by atoms with Crippen LogP contribution in [0.1, 0.15) is 46.0 Å². The van der Waals surface area contributed by atoms with Gasteiger partial charge in [0, 0.05) is 19.2 Å². The summed E-state index contributed by atoms with van der Waals surface area (Å²) in [4.78, 5) is 37.0. The topological polar surface area (TPSA) is 99.0 Å². The molecule has 158 valence electrons. The van der Waals surface area contributed by atoms with Gasteiger partial charge in [-0.3, -0.25) is 10.1 Å². The highest BCUT2D eigenvalue weighted by Crippen LogP contribution is 2.32. The third kappa shape index (κ3) is 4.94. The predicted octanol–water partition coefficient (Wildman–Crippen LogP) is 3.97. The maximum Gasteiger partial charge on any atom is 0.338 e. The van der Waals surface area contributed by atoms with Gasteiger partial charge in [-0.05, 0) is 48.6 Å². The molecular formula is C22H24N2O6. The highest BCUT2D eigenvalue weighted by Gasteiger charge is 2.25. The van der Waals surface area contributed by atoms with Crippen molar-refractivity contribution in [3.8, 4) is 0 Å². The first-order valence-electron chi connectivity index (χ1n) is 9.77. The van der Waals surface area contributed by atoms with Crippen LogP contribution in [0.15, 0.2) is 42.5 Å². The Balaban J connectivity index is 1.70. The number of ether oxygens (including phenoxy) is 2. The van der Waals surface area contributed by atoms with Crippen LogP contribution in [0.3, 0.4) is 0 Å². The molecule has 1 aliphatic heterocycles. The number of benzene rings is 2. The number of anilines is 1. The SMILES string of the molecule is COC(=O)c1ccc(COC(=O)c2ccc(N3CCC[C@H](C)C3)c([N+](=O)[O-])c2)cc1. The molecule has 0 aromatic heterocycles. The van der Waals surface area contributed by atoms with Crippen LogP contribution in [0.25, 0.3) is 0 Å². The summed E-state index contributed by atoms with van der Waals surface area (Å²) in [7, 11) is 1.30. The highest BCUT2D eigenvalue weighted by molar-refractivity contribution is 5.91. The van der Waals surface area contributed by atoms with Crippen LogP contribution in [0.5, 0.6) is 0 Å². The lowest BCUT2D eigenvalue weighted by Crippen LogP contribution is -2.34. The summed E-state index contributed by atoms with van der Waals surface area (Å²) in [5.41, 5.74) is 1.64. The second-order valence-corrected chi connectivity index (χ2v) is 7.42. The molecule has 0 bridgehead atoms. The van der Waals surface area contributed by atoms with E-state index in [1.165, 1.54) is 13.2 Å². The number of nitro groups is 1. The van der Waals surface area contributed by atoms with E-state index in [4.69, 9.17) is 4.74 Å². The number of esters is 2. The molecule has 0 aliphatic carbocycles. The molecule has 8 heteroatoms. The van der Waals surface area contributed by atoms with Crippen molar-refractivity contribution in [3.05, 3.63) is 69.3 Å². The van der Waals surface area contributed by atoms with Crippen LogP contribution in [0, 0.1) is 16.0 Å². The molecule has 1 fully saturated rings. The number of nitrogens with zero attached hydrogens (tertiary/aromatic N) is 2. The molecule has 2 aromatic carbocycles. The van der Waals surface area contributed by atoms with Gasteiger partial charge in [-0.25, -0.2) is 9.59 Å². The lowest BCUT2D eigenvalue weighted by atomic mass is 9.99. The molecule has 8 nitrogen and oxygen atoms in total. The van der Waals surface area contributed by atoms with Crippen LogP contribution in [0.4, 0.5) is 11.4 Å². The molecule has 1 saturated heterocycles. The average molecular weight is 412 g/mol. The number of hydrogen-bond acceptors (Lipinski definition) is 7. The molecule has 0 radical (unpaired) electrons. The first-order valence-corrected chi connectivity index (χ1v) is 9.77. The Morgan fingerprint density at radius 1 is 1.13 bits per heavy atom. The number of hydrogen-bond donors (Lipinski definition) is 0. The zero-order chi connectivity index (χ0) is 21.7. The zero-order valence-electron chi connectivity index (χ0n) is 17.0. The molecule has 30 heavy (non-hydrogen) atoms. The third-order valence-electron chi connectivity index (χ3n) is 5.15. The van der Waals surface area contributed by atoms with E-state index < -0.39 is 16.9 Å². The van der Waals surface area contributed by atoms with Crippen molar-refractivity contribution in [2.45, 2.75) is 26.4 Å². The number of carbonyl (C=O) groups excluding carboxylic acids is 2. The minimum absolute atomic E-state index is 0.0144. The summed E-state index contributed by atoms with van der Waals surface area (Å²) < 4.78 is 9.93. The van der Waals surface area contributed by atoms with Crippen molar-refractivity contribution in [1.29, 1.82) is 0 Å².